The summed E-state index contributed by atoms with van der Waals surface area (Å²) in [5.41, 5.74) is 1.15. The predicted molar refractivity (Wildman–Crippen MR) is 71.0 cm³/mol. The van der Waals surface area contributed by atoms with Crippen LogP contribution in [0, 0.1) is 0 Å². The van der Waals surface area contributed by atoms with Crippen LogP contribution >= 0.6 is 27.5 Å². The van der Waals surface area contributed by atoms with Gasteiger partial charge in [0.25, 0.3) is 0 Å². The van der Waals surface area contributed by atoms with Crippen molar-refractivity contribution in [2.24, 2.45) is 0 Å². The molecule has 0 fully saturated rings. The van der Waals surface area contributed by atoms with Gasteiger partial charge in [0.05, 0.1) is 12.2 Å². The highest BCUT2D eigenvalue weighted by atomic mass is 79.9. The first-order chi connectivity index (χ1) is 8.15. The normalized spacial score (nSPS) is 12.2. The minimum absolute atomic E-state index is 0.111. The van der Waals surface area contributed by atoms with Crippen molar-refractivity contribution in [3.8, 4) is 0 Å². The van der Waals surface area contributed by atoms with E-state index in [0.717, 1.165) is 10.0 Å². The Labute approximate surface area is 113 Å². The van der Waals surface area contributed by atoms with Gasteiger partial charge < -0.3 is 5.32 Å². The molecule has 1 N–H and O–H groups in total. The lowest BCUT2D eigenvalue weighted by Crippen LogP contribution is -2.08. The molecule has 0 aliphatic heterocycles. The molecule has 1 unspecified atom stereocenters. The van der Waals surface area contributed by atoms with Crippen molar-refractivity contribution >= 4 is 33.3 Å². The largest absolute Gasteiger partial charge is 0.362 e. The smallest absolute Gasteiger partial charge is 0.244 e. The van der Waals surface area contributed by atoms with Crippen LogP contribution in [0.3, 0.4) is 0 Å². The van der Waals surface area contributed by atoms with Crippen LogP contribution in [0.1, 0.15) is 18.5 Å². The van der Waals surface area contributed by atoms with Crippen molar-refractivity contribution in [1.82, 2.24) is 15.2 Å². The number of rotatable bonds is 3. The van der Waals surface area contributed by atoms with Crippen molar-refractivity contribution < 1.29 is 0 Å². The summed E-state index contributed by atoms with van der Waals surface area (Å²) in [6.07, 6.45) is 1.54. The molecular formula is C11H10BrClN4. The zero-order chi connectivity index (χ0) is 12.3. The van der Waals surface area contributed by atoms with Crippen molar-refractivity contribution in [3.05, 3.63) is 45.8 Å². The fourth-order valence-electron chi connectivity index (χ4n) is 1.43. The Hall–Kier alpha value is -1.20. The third kappa shape index (κ3) is 3.38. The molecule has 0 saturated carbocycles. The van der Waals surface area contributed by atoms with Gasteiger partial charge in [0, 0.05) is 4.47 Å². The number of hydrogen-bond acceptors (Lipinski definition) is 4. The van der Waals surface area contributed by atoms with Crippen LogP contribution in [0.4, 0.5) is 5.82 Å². The Morgan fingerprint density at radius 2 is 2.24 bits per heavy atom. The molecule has 0 bridgehead atoms. The van der Waals surface area contributed by atoms with E-state index in [1.165, 1.54) is 0 Å². The molecule has 2 rings (SSSR count). The zero-order valence-corrected chi connectivity index (χ0v) is 11.4. The van der Waals surface area contributed by atoms with Crippen LogP contribution in [-0.2, 0) is 0 Å². The van der Waals surface area contributed by atoms with Gasteiger partial charge in [-0.3, -0.25) is 0 Å². The first-order valence-electron chi connectivity index (χ1n) is 5.02. The summed E-state index contributed by atoms with van der Waals surface area (Å²) in [4.78, 5) is 4.03. The van der Waals surface area contributed by atoms with Gasteiger partial charge in [0.1, 0.15) is 5.82 Å². The molecule has 0 aliphatic carbocycles. The highest BCUT2D eigenvalue weighted by Gasteiger charge is 2.07. The fourth-order valence-corrected chi connectivity index (χ4v) is 1.98. The van der Waals surface area contributed by atoms with Gasteiger partial charge in [0.15, 0.2) is 0 Å². The molecule has 1 aromatic carbocycles. The van der Waals surface area contributed by atoms with Gasteiger partial charge in [-0.15, -0.1) is 5.10 Å². The number of halogens is 2. The van der Waals surface area contributed by atoms with Crippen molar-refractivity contribution in [1.29, 1.82) is 0 Å². The Morgan fingerprint density at radius 1 is 1.41 bits per heavy atom. The van der Waals surface area contributed by atoms with Crippen LogP contribution < -0.4 is 5.32 Å². The third-order valence-electron chi connectivity index (χ3n) is 2.25. The molecule has 4 nitrogen and oxygen atoms in total. The van der Waals surface area contributed by atoms with Gasteiger partial charge in [-0.25, -0.2) is 0 Å². The molecule has 0 radical (unpaired) electrons. The average molecular weight is 314 g/mol. The Morgan fingerprint density at radius 3 is 2.94 bits per heavy atom. The molecular weight excluding hydrogens is 304 g/mol. The van der Waals surface area contributed by atoms with E-state index in [-0.39, 0.29) is 11.3 Å². The van der Waals surface area contributed by atoms with Gasteiger partial charge in [-0.2, -0.15) is 10.1 Å². The molecule has 1 heterocycles. The predicted octanol–water partition coefficient (Wildman–Crippen LogP) is 3.46. The van der Waals surface area contributed by atoms with Gasteiger partial charge >= 0.3 is 0 Å². The number of nitrogens with one attached hydrogen (secondary N) is 1. The van der Waals surface area contributed by atoms with E-state index in [9.17, 15) is 0 Å². The van der Waals surface area contributed by atoms with Gasteiger partial charge in [-0.1, -0.05) is 28.1 Å². The molecule has 0 aliphatic rings. The molecule has 2 aromatic rings. The lowest BCUT2D eigenvalue weighted by Gasteiger charge is -2.14. The van der Waals surface area contributed by atoms with E-state index in [4.69, 9.17) is 11.6 Å². The van der Waals surface area contributed by atoms with Crippen molar-refractivity contribution in [3.63, 3.8) is 0 Å². The first kappa shape index (κ1) is 12.3. The number of benzene rings is 1. The first-order valence-corrected chi connectivity index (χ1v) is 6.19. The maximum atomic E-state index is 5.67. The summed E-state index contributed by atoms with van der Waals surface area (Å²) in [6.45, 7) is 2.04. The van der Waals surface area contributed by atoms with Gasteiger partial charge in [0.2, 0.25) is 5.28 Å². The SMILES string of the molecule is CC(Nc1cnnc(Cl)n1)c1cccc(Br)c1. The second-order valence-corrected chi connectivity index (χ2v) is 4.79. The lowest BCUT2D eigenvalue weighted by molar-refractivity contribution is 0.858. The summed E-state index contributed by atoms with van der Waals surface area (Å²) in [6, 6.07) is 8.18. The molecule has 0 spiro atoms. The Bertz CT molecular complexity index is 520. The Balaban J connectivity index is 2.14. The van der Waals surface area contributed by atoms with Crippen LogP contribution in [0.15, 0.2) is 34.9 Å². The van der Waals surface area contributed by atoms with Crippen molar-refractivity contribution in [2.45, 2.75) is 13.0 Å². The fraction of sp³-hybridized carbons (Fsp3) is 0.182. The standard InChI is InChI=1S/C11H10BrClN4/c1-7(8-3-2-4-9(12)5-8)15-10-6-14-17-11(13)16-10/h2-7H,1H3,(H,15,16,17). The van der Waals surface area contributed by atoms with Crippen molar-refractivity contribution in [2.75, 3.05) is 5.32 Å². The van der Waals surface area contributed by atoms with E-state index in [1.807, 2.05) is 31.2 Å². The number of aromatic nitrogens is 3. The van der Waals surface area contributed by atoms with Gasteiger partial charge in [-0.05, 0) is 36.2 Å². The second-order valence-electron chi connectivity index (χ2n) is 3.53. The third-order valence-corrected chi connectivity index (χ3v) is 2.90. The summed E-state index contributed by atoms with van der Waals surface area (Å²) < 4.78 is 1.04. The molecule has 0 amide bonds. The molecule has 6 heteroatoms. The lowest BCUT2D eigenvalue weighted by atomic mass is 10.1. The molecule has 88 valence electrons. The highest BCUT2D eigenvalue weighted by Crippen LogP contribution is 2.21. The summed E-state index contributed by atoms with van der Waals surface area (Å²) in [5, 5.41) is 10.7. The van der Waals surface area contributed by atoms with E-state index in [2.05, 4.69) is 36.4 Å². The number of hydrogen-bond donors (Lipinski definition) is 1. The van der Waals surface area contributed by atoms with Crippen LogP contribution in [0.2, 0.25) is 5.28 Å². The van der Waals surface area contributed by atoms with E-state index in [1.54, 1.807) is 6.20 Å². The summed E-state index contributed by atoms with van der Waals surface area (Å²) >= 11 is 9.11. The number of nitrogens with zero attached hydrogens (tertiary/aromatic N) is 3. The zero-order valence-electron chi connectivity index (χ0n) is 9.06. The molecule has 1 atom stereocenters. The molecule has 0 saturated heterocycles. The highest BCUT2D eigenvalue weighted by molar-refractivity contribution is 9.10. The van der Waals surface area contributed by atoms with E-state index < -0.39 is 0 Å². The minimum Gasteiger partial charge on any atom is -0.362 e. The van der Waals surface area contributed by atoms with Crippen LogP contribution in [0.5, 0.6) is 0 Å². The van der Waals surface area contributed by atoms with Crippen LogP contribution in [-0.4, -0.2) is 15.2 Å². The Kier molecular flexibility index (Phi) is 3.91. The quantitative estimate of drug-likeness (QED) is 0.943. The molecule has 1 aromatic heterocycles. The molecule has 17 heavy (non-hydrogen) atoms. The maximum Gasteiger partial charge on any atom is 0.244 e. The second kappa shape index (κ2) is 5.42. The van der Waals surface area contributed by atoms with E-state index >= 15 is 0 Å². The average Bonchev–Trinajstić information content (AvgIpc) is 2.29. The summed E-state index contributed by atoms with van der Waals surface area (Å²) in [7, 11) is 0. The number of anilines is 1. The topological polar surface area (TPSA) is 50.7 Å². The monoisotopic (exact) mass is 312 g/mol. The van der Waals surface area contributed by atoms with E-state index in [0.29, 0.717) is 5.82 Å². The minimum atomic E-state index is 0.111. The maximum absolute atomic E-state index is 5.67. The summed E-state index contributed by atoms with van der Waals surface area (Å²) in [5.74, 6) is 0.609. The van der Waals surface area contributed by atoms with Crippen LogP contribution in [0.25, 0.3) is 0 Å².